The van der Waals surface area contributed by atoms with Crippen LogP contribution in [0.25, 0.3) is 0 Å². The Kier molecular flexibility index (Phi) is 4.11. The van der Waals surface area contributed by atoms with E-state index >= 15 is 0 Å². The molecule has 1 aliphatic rings. The average Bonchev–Trinajstić information content (AvgIpc) is 2.81. The van der Waals surface area contributed by atoms with Crippen LogP contribution in [-0.2, 0) is 6.42 Å². The molecule has 20 heavy (non-hydrogen) atoms. The molecular formula is C16H17ClFNS. The fraction of sp³-hybridized carbons (Fsp3) is 0.375. The van der Waals surface area contributed by atoms with Crippen molar-refractivity contribution in [1.82, 2.24) is 5.32 Å². The van der Waals surface area contributed by atoms with Gasteiger partial charge < -0.3 is 5.32 Å². The highest BCUT2D eigenvalue weighted by Crippen LogP contribution is 2.38. The molecule has 0 saturated heterocycles. The van der Waals surface area contributed by atoms with Crippen LogP contribution in [0.2, 0.25) is 4.34 Å². The van der Waals surface area contributed by atoms with Crippen LogP contribution in [0.4, 0.5) is 4.39 Å². The van der Waals surface area contributed by atoms with Crippen molar-refractivity contribution < 1.29 is 4.39 Å². The van der Waals surface area contributed by atoms with E-state index in [0.717, 1.165) is 22.7 Å². The van der Waals surface area contributed by atoms with Crippen molar-refractivity contribution in [3.63, 3.8) is 0 Å². The maximum atomic E-state index is 13.0. The van der Waals surface area contributed by atoms with Crippen LogP contribution in [0.15, 0.2) is 30.3 Å². The molecule has 1 heterocycles. The van der Waals surface area contributed by atoms with Gasteiger partial charge in [0.1, 0.15) is 5.82 Å². The predicted molar refractivity (Wildman–Crippen MR) is 83.0 cm³/mol. The van der Waals surface area contributed by atoms with E-state index in [0.29, 0.717) is 6.04 Å². The van der Waals surface area contributed by atoms with Crippen LogP contribution in [-0.4, -0.2) is 0 Å². The van der Waals surface area contributed by atoms with Crippen LogP contribution in [0.1, 0.15) is 47.9 Å². The van der Waals surface area contributed by atoms with Gasteiger partial charge in [0.25, 0.3) is 0 Å². The van der Waals surface area contributed by atoms with E-state index < -0.39 is 0 Å². The minimum atomic E-state index is -0.189. The lowest BCUT2D eigenvalue weighted by molar-refractivity contribution is 0.418. The summed E-state index contributed by atoms with van der Waals surface area (Å²) in [6, 6.07) is 9.36. The summed E-state index contributed by atoms with van der Waals surface area (Å²) < 4.78 is 13.8. The van der Waals surface area contributed by atoms with Crippen molar-refractivity contribution in [1.29, 1.82) is 0 Å². The SMILES string of the molecule is C[C@H](NC1CCCc2sc(Cl)cc21)c1ccc(F)cc1. The Balaban J connectivity index is 1.76. The summed E-state index contributed by atoms with van der Waals surface area (Å²) in [6.07, 6.45) is 3.46. The molecule has 1 aromatic heterocycles. The van der Waals surface area contributed by atoms with Crippen molar-refractivity contribution in [2.75, 3.05) is 0 Å². The molecule has 0 fully saturated rings. The molecule has 0 saturated carbocycles. The average molecular weight is 310 g/mol. The minimum absolute atomic E-state index is 0.189. The molecule has 0 spiro atoms. The number of halogens is 2. The molecule has 4 heteroatoms. The van der Waals surface area contributed by atoms with Crippen LogP contribution < -0.4 is 5.32 Å². The van der Waals surface area contributed by atoms with E-state index in [1.165, 1.54) is 29.0 Å². The van der Waals surface area contributed by atoms with Crippen molar-refractivity contribution in [2.24, 2.45) is 0 Å². The number of fused-ring (bicyclic) bond motifs is 1. The Morgan fingerprint density at radius 1 is 1.35 bits per heavy atom. The number of thiophene rings is 1. The number of hydrogen-bond donors (Lipinski definition) is 1. The van der Waals surface area contributed by atoms with Crippen molar-refractivity contribution in [3.8, 4) is 0 Å². The van der Waals surface area contributed by atoms with E-state index in [4.69, 9.17) is 11.6 Å². The van der Waals surface area contributed by atoms with Crippen LogP contribution in [0.5, 0.6) is 0 Å². The molecule has 0 amide bonds. The number of hydrogen-bond acceptors (Lipinski definition) is 2. The van der Waals surface area contributed by atoms with Gasteiger partial charge in [0, 0.05) is 17.0 Å². The van der Waals surface area contributed by atoms with Crippen molar-refractivity contribution in [2.45, 2.75) is 38.3 Å². The lowest BCUT2D eigenvalue weighted by atomic mass is 9.93. The maximum absolute atomic E-state index is 13.0. The van der Waals surface area contributed by atoms with Gasteiger partial charge in [0.15, 0.2) is 0 Å². The first-order valence-corrected chi connectivity index (χ1v) is 8.12. The van der Waals surface area contributed by atoms with Gasteiger partial charge in [-0.05, 0) is 55.5 Å². The summed E-state index contributed by atoms with van der Waals surface area (Å²) in [6.45, 7) is 2.12. The lowest BCUT2D eigenvalue weighted by Crippen LogP contribution is -2.27. The highest BCUT2D eigenvalue weighted by atomic mass is 35.5. The fourth-order valence-electron chi connectivity index (χ4n) is 2.84. The molecule has 1 aromatic carbocycles. The second kappa shape index (κ2) is 5.84. The summed E-state index contributed by atoms with van der Waals surface area (Å²) in [5.74, 6) is -0.189. The smallest absolute Gasteiger partial charge is 0.123 e. The second-order valence-electron chi connectivity index (χ2n) is 5.31. The number of benzene rings is 1. The molecule has 1 aliphatic carbocycles. The summed E-state index contributed by atoms with van der Waals surface area (Å²) in [7, 11) is 0. The third-order valence-electron chi connectivity index (χ3n) is 3.90. The molecule has 1 unspecified atom stereocenters. The Hall–Kier alpha value is -0.900. The number of aryl methyl sites for hydroxylation is 1. The standard InChI is InChI=1S/C16H17ClFNS/c1-10(11-5-7-12(18)8-6-11)19-14-3-2-4-15-13(14)9-16(17)20-15/h5-10,14,19H,2-4H2,1H3/t10-,14?/m0/s1. The summed E-state index contributed by atoms with van der Waals surface area (Å²) in [5.41, 5.74) is 2.46. The van der Waals surface area contributed by atoms with Gasteiger partial charge in [0.05, 0.1) is 4.34 Å². The van der Waals surface area contributed by atoms with Gasteiger partial charge in [-0.3, -0.25) is 0 Å². The van der Waals surface area contributed by atoms with E-state index in [1.807, 2.05) is 12.1 Å². The van der Waals surface area contributed by atoms with Gasteiger partial charge in [0.2, 0.25) is 0 Å². The molecule has 2 aromatic rings. The number of rotatable bonds is 3. The van der Waals surface area contributed by atoms with Gasteiger partial charge >= 0.3 is 0 Å². The normalized spacial score (nSPS) is 19.6. The Labute approximate surface area is 127 Å². The summed E-state index contributed by atoms with van der Waals surface area (Å²) in [4.78, 5) is 1.41. The predicted octanol–water partition coefficient (Wildman–Crippen LogP) is 5.27. The molecule has 1 N–H and O–H groups in total. The van der Waals surface area contributed by atoms with E-state index in [9.17, 15) is 4.39 Å². The first-order valence-electron chi connectivity index (χ1n) is 6.93. The minimum Gasteiger partial charge on any atom is -0.303 e. The molecule has 0 bridgehead atoms. The van der Waals surface area contributed by atoms with E-state index in [-0.39, 0.29) is 11.9 Å². The molecule has 2 atom stereocenters. The Bertz CT molecular complexity index is 593. The lowest BCUT2D eigenvalue weighted by Gasteiger charge is -2.27. The van der Waals surface area contributed by atoms with E-state index in [1.54, 1.807) is 11.3 Å². The molecule has 106 valence electrons. The van der Waals surface area contributed by atoms with Crippen LogP contribution in [0, 0.1) is 5.82 Å². The zero-order valence-electron chi connectivity index (χ0n) is 11.3. The summed E-state index contributed by atoms with van der Waals surface area (Å²) in [5, 5.41) is 3.65. The topological polar surface area (TPSA) is 12.0 Å². The highest BCUT2D eigenvalue weighted by molar-refractivity contribution is 7.16. The second-order valence-corrected chi connectivity index (χ2v) is 7.08. The highest BCUT2D eigenvalue weighted by Gasteiger charge is 2.24. The first kappa shape index (κ1) is 14.1. The molecular weight excluding hydrogens is 293 g/mol. The van der Waals surface area contributed by atoms with Crippen LogP contribution >= 0.6 is 22.9 Å². The zero-order valence-corrected chi connectivity index (χ0v) is 12.9. The largest absolute Gasteiger partial charge is 0.303 e. The summed E-state index contributed by atoms with van der Waals surface area (Å²) >= 11 is 7.83. The van der Waals surface area contributed by atoms with Crippen molar-refractivity contribution >= 4 is 22.9 Å². The molecule has 0 aliphatic heterocycles. The fourth-order valence-corrected chi connectivity index (χ4v) is 4.23. The molecule has 1 nitrogen and oxygen atoms in total. The van der Waals surface area contributed by atoms with Gasteiger partial charge in [-0.2, -0.15) is 0 Å². The monoisotopic (exact) mass is 309 g/mol. The van der Waals surface area contributed by atoms with Gasteiger partial charge in [-0.25, -0.2) is 4.39 Å². The van der Waals surface area contributed by atoms with Gasteiger partial charge in [-0.15, -0.1) is 11.3 Å². The maximum Gasteiger partial charge on any atom is 0.123 e. The Morgan fingerprint density at radius 3 is 2.85 bits per heavy atom. The Morgan fingerprint density at radius 2 is 2.10 bits per heavy atom. The number of nitrogens with one attached hydrogen (secondary N) is 1. The molecule has 3 rings (SSSR count). The first-order chi connectivity index (χ1) is 9.63. The van der Waals surface area contributed by atoms with Gasteiger partial charge in [-0.1, -0.05) is 23.7 Å². The van der Waals surface area contributed by atoms with Crippen molar-refractivity contribution in [3.05, 3.63) is 56.5 Å². The third-order valence-corrected chi connectivity index (χ3v) is 5.24. The van der Waals surface area contributed by atoms with E-state index in [2.05, 4.69) is 18.3 Å². The quantitative estimate of drug-likeness (QED) is 0.814. The van der Waals surface area contributed by atoms with Crippen LogP contribution in [0.3, 0.4) is 0 Å². The third kappa shape index (κ3) is 2.90. The molecule has 0 radical (unpaired) electrons. The zero-order chi connectivity index (χ0) is 14.1.